The summed E-state index contributed by atoms with van der Waals surface area (Å²) in [5.41, 5.74) is 0.137. The number of aromatic nitrogens is 1. The second-order valence-electron chi connectivity index (χ2n) is 7.00. The molecule has 1 aliphatic heterocycles. The van der Waals surface area contributed by atoms with Gasteiger partial charge in [0, 0.05) is 11.6 Å². The summed E-state index contributed by atoms with van der Waals surface area (Å²) in [5, 5.41) is 12.8. The van der Waals surface area contributed by atoms with Gasteiger partial charge in [0.25, 0.3) is 0 Å². The molecule has 2 aromatic rings. The minimum Gasteiger partial charge on any atom is -0.488 e. The summed E-state index contributed by atoms with van der Waals surface area (Å²) in [5.74, 6) is 0.784. The molecule has 0 aliphatic carbocycles. The number of ether oxygens (including phenoxy) is 1. The molecule has 0 radical (unpaired) electrons. The van der Waals surface area contributed by atoms with Crippen LogP contribution in [0.4, 0.5) is 0 Å². The summed E-state index contributed by atoms with van der Waals surface area (Å²) >= 11 is 7.49. The Morgan fingerprint density at radius 2 is 2.04 bits per heavy atom. The lowest BCUT2D eigenvalue weighted by molar-refractivity contribution is 0.0209. The van der Waals surface area contributed by atoms with Crippen LogP contribution in [0.3, 0.4) is 0 Å². The maximum atomic E-state index is 11.2. The predicted octanol–water partition coefficient (Wildman–Crippen LogP) is 4.77. The van der Waals surface area contributed by atoms with E-state index in [1.807, 2.05) is 31.2 Å². The van der Waals surface area contributed by atoms with Crippen LogP contribution in [0, 0.1) is 6.92 Å². The van der Waals surface area contributed by atoms with Gasteiger partial charge in [0.2, 0.25) is 0 Å². The number of benzene rings is 1. The molecule has 1 aliphatic rings. The third kappa shape index (κ3) is 4.77. The van der Waals surface area contributed by atoms with Gasteiger partial charge in [-0.25, -0.2) is 4.98 Å². The van der Waals surface area contributed by atoms with Gasteiger partial charge in [-0.2, -0.15) is 0 Å². The summed E-state index contributed by atoms with van der Waals surface area (Å²) < 4.78 is 5.86. The first-order valence-corrected chi connectivity index (χ1v) is 10.5. The van der Waals surface area contributed by atoms with E-state index in [9.17, 15) is 5.11 Å². The number of likely N-dealkylation sites (tertiary alicyclic amines) is 1. The van der Waals surface area contributed by atoms with E-state index in [0.29, 0.717) is 11.6 Å². The molecule has 0 spiro atoms. The lowest BCUT2D eigenvalue weighted by atomic mass is 9.96. The Kier molecular flexibility index (Phi) is 6.56. The van der Waals surface area contributed by atoms with Crippen molar-refractivity contribution in [2.45, 2.75) is 51.7 Å². The van der Waals surface area contributed by atoms with E-state index in [2.05, 4.69) is 11.8 Å². The molecule has 4 nitrogen and oxygen atoms in total. The molecule has 6 heteroatoms. The van der Waals surface area contributed by atoms with E-state index >= 15 is 0 Å². The zero-order valence-electron chi connectivity index (χ0n) is 15.5. The van der Waals surface area contributed by atoms with Crippen molar-refractivity contribution in [2.24, 2.45) is 0 Å². The van der Waals surface area contributed by atoms with Gasteiger partial charge in [0.15, 0.2) is 0 Å². The highest BCUT2D eigenvalue weighted by Crippen LogP contribution is 2.36. The summed E-state index contributed by atoms with van der Waals surface area (Å²) in [6.45, 7) is 7.75. The van der Waals surface area contributed by atoms with Gasteiger partial charge in [-0.15, -0.1) is 11.3 Å². The second kappa shape index (κ2) is 8.70. The second-order valence-corrected chi connectivity index (χ2v) is 8.52. The predicted molar refractivity (Wildman–Crippen MR) is 107 cm³/mol. The van der Waals surface area contributed by atoms with Crippen LogP contribution in [0.15, 0.2) is 24.3 Å². The fourth-order valence-corrected chi connectivity index (χ4v) is 4.62. The third-order valence-electron chi connectivity index (χ3n) is 4.92. The van der Waals surface area contributed by atoms with Gasteiger partial charge < -0.3 is 14.7 Å². The number of aliphatic hydroxyl groups is 1. The number of rotatable bonds is 6. The first-order valence-electron chi connectivity index (χ1n) is 9.30. The number of hydrogen-bond donors (Lipinski definition) is 1. The third-order valence-corrected chi connectivity index (χ3v) is 6.50. The van der Waals surface area contributed by atoms with Crippen LogP contribution < -0.4 is 4.74 Å². The van der Waals surface area contributed by atoms with Crippen molar-refractivity contribution in [3.63, 3.8) is 0 Å². The van der Waals surface area contributed by atoms with Crippen molar-refractivity contribution in [2.75, 3.05) is 19.6 Å². The van der Waals surface area contributed by atoms with E-state index in [0.717, 1.165) is 66.6 Å². The number of halogens is 1. The summed E-state index contributed by atoms with van der Waals surface area (Å²) in [6, 6.07) is 7.36. The highest BCUT2D eigenvalue weighted by atomic mass is 35.5. The zero-order chi connectivity index (χ0) is 18.6. The smallest absolute Gasteiger partial charge is 0.125 e. The van der Waals surface area contributed by atoms with E-state index in [1.54, 1.807) is 11.3 Å². The van der Waals surface area contributed by atoms with Crippen molar-refractivity contribution >= 4 is 22.9 Å². The van der Waals surface area contributed by atoms with E-state index < -0.39 is 5.60 Å². The fraction of sp³-hybridized carbons (Fsp3) is 0.550. The summed E-state index contributed by atoms with van der Waals surface area (Å²) in [6.07, 6.45) is 3.68. The van der Waals surface area contributed by atoms with Gasteiger partial charge in [0.1, 0.15) is 23.0 Å². The first kappa shape index (κ1) is 19.6. The molecular formula is C20H27ClN2O2S. The largest absolute Gasteiger partial charge is 0.488 e. The molecular weight excluding hydrogens is 368 g/mol. The number of thiazole rings is 1. The molecule has 1 saturated heterocycles. The molecule has 26 heavy (non-hydrogen) atoms. The van der Waals surface area contributed by atoms with Crippen molar-refractivity contribution in [1.29, 1.82) is 0 Å². The van der Waals surface area contributed by atoms with Crippen LogP contribution in [0.2, 0.25) is 5.02 Å². The van der Waals surface area contributed by atoms with Gasteiger partial charge >= 0.3 is 0 Å². The SMILES string of the molecule is CCCN1CCC[C@](O)(c2nc(C)c(COc3ccc(Cl)cc3)s2)CC1. The Labute approximate surface area is 164 Å². The molecule has 1 atom stereocenters. The average molecular weight is 395 g/mol. The Hall–Kier alpha value is -1.14. The fourth-order valence-electron chi connectivity index (χ4n) is 3.37. The summed E-state index contributed by atoms with van der Waals surface area (Å²) in [7, 11) is 0. The van der Waals surface area contributed by atoms with E-state index in [4.69, 9.17) is 21.3 Å². The van der Waals surface area contributed by atoms with Crippen LogP contribution in [-0.4, -0.2) is 34.6 Å². The highest BCUT2D eigenvalue weighted by molar-refractivity contribution is 7.11. The van der Waals surface area contributed by atoms with Crippen LogP contribution in [-0.2, 0) is 12.2 Å². The van der Waals surface area contributed by atoms with Gasteiger partial charge in [-0.1, -0.05) is 18.5 Å². The van der Waals surface area contributed by atoms with Crippen LogP contribution >= 0.6 is 22.9 Å². The molecule has 0 unspecified atom stereocenters. The molecule has 1 aromatic carbocycles. The van der Waals surface area contributed by atoms with Crippen LogP contribution in [0.5, 0.6) is 5.75 Å². The van der Waals surface area contributed by atoms with Crippen molar-refractivity contribution in [3.05, 3.63) is 44.9 Å². The van der Waals surface area contributed by atoms with Gasteiger partial charge in [-0.3, -0.25) is 0 Å². The topological polar surface area (TPSA) is 45.6 Å². The first-order chi connectivity index (χ1) is 12.5. The molecule has 1 fully saturated rings. The standard InChI is InChI=1S/C20H27ClN2O2S/c1-3-11-23-12-4-9-20(24,10-13-23)19-22-15(2)18(26-19)14-25-17-7-5-16(21)6-8-17/h5-8,24H,3-4,9-14H2,1-2H3/t20-/m1/s1. The minimum absolute atomic E-state index is 0.461. The van der Waals surface area contributed by atoms with Crippen molar-refractivity contribution in [3.8, 4) is 5.75 Å². The highest BCUT2D eigenvalue weighted by Gasteiger charge is 2.35. The quantitative estimate of drug-likeness (QED) is 0.766. The lowest BCUT2D eigenvalue weighted by Crippen LogP contribution is -2.29. The molecule has 1 N–H and O–H groups in total. The average Bonchev–Trinajstić information content (AvgIpc) is 2.90. The Balaban J connectivity index is 1.67. The van der Waals surface area contributed by atoms with E-state index in [-0.39, 0.29) is 0 Å². The Bertz CT molecular complexity index is 719. The van der Waals surface area contributed by atoms with Crippen LogP contribution in [0.1, 0.15) is 48.2 Å². The monoisotopic (exact) mass is 394 g/mol. The normalized spacial score (nSPS) is 21.5. The Morgan fingerprint density at radius 3 is 2.77 bits per heavy atom. The lowest BCUT2D eigenvalue weighted by Gasteiger charge is -2.24. The molecule has 0 amide bonds. The molecule has 2 heterocycles. The molecule has 142 valence electrons. The molecule has 1 aromatic heterocycles. The van der Waals surface area contributed by atoms with Crippen molar-refractivity contribution < 1.29 is 9.84 Å². The minimum atomic E-state index is -0.809. The van der Waals surface area contributed by atoms with Gasteiger partial charge in [-0.05, 0) is 70.0 Å². The number of aryl methyl sites for hydroxylation is 1. The number of hydrogen-bond acceptors (Lipinski definition) is 5. The zero-order valence-corrected chi connectivity index (χ0v) is 17.1. The van der Waals surface area contributed by atoms with Gasteiger partial charge in [0.05, 0.1) is 10.6 Å². The van der Waals surface area contributed by atoms with Crippen molar-refractivity contribution in [1.82, 2.24) is 9.88 Å². The van der Waals surface area contributed by atoms with Crippen LogP contribution in [0.25, 0.3) is 0 Å². The Morgan fingerprint density at radius 1 is 1.27 bits per heavy atom. The maximum absolute atomic E-state index is 11.2. The molecule has 0 bridgehead atoms. The molecule has 0 saturated carbocycles. The number of nitrogens with zero attached hydrogens (tertiary/aromatic N) is 2. The maximum Gasteiger partial charge on any atom is 0.125 e. The van der Waals surface area contributed by atoms with E-state index in [1.165, 1.54) is 0 Å². The molecule has 3 rings (SSSR count). The summed E-state index contributed by atoms with van der Waals surface area (Å²) in [4.78, 5) is 8.21.